The Bertz CT molecular complexity index is 495. The number of hydrogen-bond donors (Lipinski definition) is 1. The predicted molar refractivity (Wildman–Crippen MR) is 70.7 cm³/mol. The van der Waals surface area contributed by atoms with Crippen LogP contribution in [0.3, 0.4) is 0 Å². The topological polar surface area (TPSA) is 55.0 Å². The van der Waals surface area contributed by atoms with E-state index in [-0.39, 0.29) is 0 Å². The largest absolute Gasteiger partial charge is 0.383 e. The monoisotopic (exact) mass is 248 g/mol. The van der Waals surface area contributed by atoms with Crippen LogP contribution in [-0.2, 0) is 13.1 Å². The van der Waals surface area contributed by atoms with Crippen LogP contribution in [0.25, 0.3) is 0 Å². The average Bonchev–Trinajstić information content (AvgIpc) is 2.68. The Morgan fingerprint density at radius 2 is 2.18 bits per heavy atom. The molecule has 2 aromatic rings. The van der Waals surface area contributed by atoms with E-state index in [2.05, 4.69) is 21.9 Å². The lowest BCUT2D eigenvalue weighted by atomic mass is 10.2. The summed E-state index contributed by atoms with van der Waals surface area (Å²) in [5.74, 6) is 0.611. The van der Waals surface area contributed by atoms with Gasteiger partial charge in [-0.15, -0.1) is 11.3 Å². The lowest BCUT2D eigenvalue weighted by Gasteiger charge is -2.16. The number of aryl methyl sites for hydroxylation is 1. The molecule has 2 aromatic heterocycles. The maximum Gasteiger partial charge on any atom is 0.127 e. The second kappa shape index (κ2) is 5.25. The minimum absolute atomic E-state index is 0.611. The summed E-state index contributed by atoms with van der Waals surface area (Å²) >= 11 is 1.69. The molecule has 0 fully saturated rings. The van der Waals surface area contributed by atoms with Crippen LogP contribution in [0.5, 0.6) is 0 Å². The van der Waals surface area contributed by atoms with Gasteiger partial charge in [0.1, 0.15) is 5.82 Å². The first-order valence-corrected chi connectivity index (χ1v) is 6.31. The molecule has 0 aromatic carbocycles. The first-order chi connectivity index (χ1) is 8.16. The number of rotatable bonds is 4. The maximum atomic E-state index is 5.82. The summed E-state index contributed by atoms with van der Waals surface area (Å²) in [6.45, 7) is 3.74. The van der Waals surface area contributed by atoms with E-state index in [1.54, 1.807) is 17.5 Å². The maximum absolute atomic E-state index is 5.82. The highest BCUT2D eigenvalue weighted by Crippen LogP contribution is 2.16. The van der Waals surface area contributed by atoms with Gasteiger partial charge >= 0.3 is 0 Å². The minimum atomic E-state index is 0.611. The van der Waals surface area contributed by atoms with Crippen LogP contribution in [-0.4, -0.2) is 21.9 Å². The highest BCUT2D eigenvalue weighted by atomic mass is 32.1. The third-order valence-corrected chi connectivity index (χ3v) is 3.54. The van der Waals surface area contributed by atoms with Crippen molar-refractivity contribution in [2.24, 2.45) is 0 Å². The number of thiazole rings is 1. The number of hydrogen-bond acceptors (Lipinski definition) is 5. The van der Waals surface area contributed by atoms with Gasteiger partial charge in [0, 0.05) is 29.7 Å². The lowest BCUT2D eigenvalue weighted by Crippen LogP contribution is -2.18. The second-order valence-corrected chi connectivity index (χ2v) is 5.02. The number of nitrogens with zero attached hydrogens (tertiary/aromatic N) is 3. The predicted octanol–water partition coefficient (Wildman–Crippen LogP) is 2.06. The summed E-state index contributed by atoms with van der Waals surface area (Å²) in [4.78, 5) is 11.9. The molecule has 2 rings (SSSR count). The van der Waals surface area contributed by atoms with Gasteiger partial charge in [-0.05, 0) is 20.0 Å². The highest BCUT2D eigenvalue weighted by molar-refractivity contribution is 7.09. The molecule has 0 bridgehead atoms. The number of aromatic nitrogens is 2. The van der Waals surface area contributed by atoms with Gasteiger partial charge in [-0.2, -0.15) is 0 Å². The fraction of sp³-hybridized carbons (Fsp3) is 0.333. The summed E-state index contributed by atoms with van der Waals surface area (Å²) in [5, 5.41) is 0. The fourth-order valence-electron chi connectivity index (χ4n) is 1.65. The molecule has 90 valence electrons. The van der Waals surface area contributed by atoms with E-state index in [0.717, 1.165) is 24.3 Å². The quantitative estimate of drug-likeness (QED) is 0.900. The molecular weight excluding hydrogens is 232 g/mol. The standard InChI is InChI=1S/C12H16N4S/c1-9-11(17-8-15-9)7-16(2)6-10-4-3-5-14-12(10)13/h3-5,8H,6-7H2,1-2H3,(H2,13,14). The van der Waals surface area contributed by atoms with Gasteiger partial charge in [-0.25, -0.2) is 9.97 Å². The summed E-state index contributed by atoms with van der Waals surface area (Å²) in [5.41, 5.74) is 9.89. The zero-order chi connectivity index (χ0) is 12.3. The Balaban J connectivity index is 2.01. The Morgan fingerprint density at radius 1 is 1.35 bits per heavy atom. The van der Waals surface area contributed by atoms with Crippen molar-refractivity contribution in [1.82, 2.24) is 14.9 Å². The molecule has 0 aliphatic rings. The molecule has 0 atom stereocenters. The molecule has 2 heterocycles. The summed E-state index contributed by atoms with van der Waals surface area (Å²) in [7, 11) is 2.08. The van der Waals surface area contributed by atoms with E-state index in [4.69, 9.17) is 5.73 Å². The molecule has 0 saturated heterocycles. The summed E-state index contributed by atoms with van der Waals surface area (Å²) in [6, 6.07) is 3.93. The van der Waals surface area contributed by atoms with E-state index in [1.807, 2.05) is 24.6 Å². The molecule has 0 saturated carbocycles. The van der Waals surface area contributed by atoms with Crippen LogP contribution in [0, 0.1) is 6.92 Å². The first kappa shape index (κ1) is 12.0. The lowest BCUT2D eigenvalue weighted by molar-refractivity contribution is 0.321. The molecule has 5 heteroatoms. The average molecular weight is 248 g/mol. The van der Waals surface area contributed by atoms with Crippen LogP contribution in [0.1, 0.15) is 16.1 Å². The number of pyridine rings is 1. The van der Waals surface area contributed by atoms with Gasteiger partial charge in [0.2, 0.25) is 0 Å². The SMILES string of the molecule is Cc1ncsc1CN(C)Cc1cccnc1N. The summed E-state index contributed by atoms with van der Waals surface area (Å²) in [6.07, 6.45) is 1.71. The molecule has 2 N–H and O–H groups in total. The normalized spacial score (nSPS) is 11.0. The van der Waals surface area contributed by atoms with Gasteiger partial charge in [0.15, 0.2) is 0 Å². The number of nitrogen functional groups attached to an aromatic ring is 1. The van der Waals surface area contributed by atoms with Crippen LogP contribution in [0.2, 0.25) is 0 Å². The van der Waals surface area contributed by atoms with Crippen molar-refractivity contribution in [3.8, 4) is 0 Å². The van der Waals surface area contributed by atoms with Crippen molar-refractivity contribution < 1.29 is 0 Å². The molecule has 4 nitrogen and oxygen atoms in total. The van der Waals surface area contributed by atoms with E-state index in [0.29, 0.717) is 5.82 Å². The summed E-state index contributed by atoms with van der Waals surface area (Å²) < 4.78 is 0. The van der Waals surface area contributed by atoms with Crippen LogP contribution >= 0.6 is 11.3 Å². The van der Waals surface area contributed by atoms with Crippen molar-refractivity contribution in [3.05, 3.63) is 40.0 Å². The molecule has 0 aliphatic heterocycles. The zero-order valence-electron chi connectivity index (χ0n) is 10.1. The Hall–Kier alpha value is -1.46. The van der Waals surface area contributed by atoms with Gasteiger partial charge in [-0.1, -0.05) is 6.07 Å². The number of nitrogens with two attached hydrogens (primary N) is 1. The van der Waals surface area contributed by atoms with Crippen molar-refractivity contribution in [2.75, 3.05) is 12.8 Å². The van der Waals surface area contributed by atoms with Crippen molar-refractivity contribution in [3.63, 3.8) is 0 Å². The van der Waals surface area contributed by atoms with Crippen molar-refractivity contribution in [2.45, 2.75) is 20.0 Å². The van der Waals surface area contributed by atoms with Crippen LogP contribution in [0.15, 0.2) is 23.8 Å². The van der Waals surface area contributed by atoms with Crippen molar-refractivity contribution in [1.29, 1.82) is 0 Å². The second-order valence-electron chi connectivity index (χ2n) is 4.08. The first-order valence-electron chi connectivity index (χ1n) is 5.43. The van der Waals surface area contributed by atoms with Crippen LogP contribution in [0.4, 0.5) is 5.82 Å². The van der Waals surface area contributed by atoms with Gasteiger partial charge in [0.05, 0.1) is 11.2 Å². The fourth-order valence-corrected chi connectivity index (χ4v) is 2.51. The zero-order valence-corrected chi connectivity index (χ0v) is 10.9. The molecule has 0 radical (unpaired) electrons. The molecular formula is C12H16N4S. The third-order valence-electron chi connectivity index (χ3n) is 2.62. The van der Waals surface area contributed by atoms with Crippen molar-refractivity contribution >= 4 is 17.2 Å². The molecule has 0 unspecified atom stereocenters. The van der Waals surface area contributed by atoms with Gasteiger partial charge < -0.3 is 5.73 Å². The van der Waals surface area contributed by atoms with E-state index in [1.165, 1.54) is 4.88 Å². The van der Waals surface area contributed by atoms with E-state index < -0.39 is 0 Å². The molecule has 0 spiro atoms. The number of anilines is 1. The van der Waals surface area contributed by atoms with Gasteiger partial charge in [0.25, 0.3) is 0 Å². The molecule has 0 amide bonds. The Kier molecular flexibility index (Phi) is 3.71. The van der Waals surface area contributed by atoms with E-state index in [9.17, 15) is 0 Å². The van der Waals surface area contributed by atoms with Gasteiger partial charge in [-0.3, -0.25) is 4.90 Å². The minimum Gasteiger partial charge on any atom is -0.383 e. The molecule has 0 aliphatic carbocycles. The Morgan fingerprint density at radius 3 is 2.82 bits per heavy atom. The smallest absolute Gasteiger partial charge is 0.127 e. The van der Waals surface area contributed by atoms with E-state index >= 15 is 0 Å². The third kappa shape index (κ3) is 3.01. The Labute approximate surface area is 105 Å². The highest BCUT2D eigenvalue weighted by Gasteiger charge is 2.08. The van der Waals surface area contributed by atoms with Crippen LogP contribution < -0.4 is 5.73 Å². The molecule has 17 heavy (non-hydrogen) atoms.